The number of pyridine rings is 1. The van der Waals surface area contributed by atoms with Crippen LogP contribution in [0.1, 0.15) is 38.2 Å². The molecule has 0 bridgehead atoms. The van der Waals surface area contributed by atoms with Crippen LogP contribution in [0.15, 0.2) is 12.4 Å². The van der Waals surface area contributed by atoms with Crippen LogP contribution in [-0.2, 0) is 0 Å². The number of aromatic nitrogens is 1. The van der Waals surface area contributed by atoms with Gasteiger partial charge in [0.05, 0.1) is 19.4 Å². The van der Waals surface area contributed by atoms with E-state index in [1.54, 1.807) is 13.3 Å². The minimum absolute atomic E-state index is 0.388. The lowest BCUT2D eigenvalue weighted by Gasteiger charge is -2.15. The lowest BCUT2D eigenvalue weighted by molar-refractivity contribution is 0.277. The maximum absolute atomic E-state index is 5.87. The summed E-state index contributed by atoms with van der Waals surface area (Å²) in [5.74, 6) is 2.03. The van der Waals surface area contributed by atoms with Crippen molar-refractivity contribution < 1.29 is 9.47 Å². The third-order valence-electron chi connectivity index (χ3n) is 2.54. The maximum atomic E-state index is 5.87. The van der Waals surface area contributed by atoms with Crippen molar-refractivity contribution in [2.45, 2.75) is 38.7 Å². The molecular formula is C12H17NO2. The molecule has 1 fully saturated rings. The first-order valence-corrected chi connectivity index (χ1v) is 5.41. The number of hydrogen-bond acceptors (Lipinski definition) is 3. The third-order valence-corrected chi connectivity index (χ3v) is 2.54. The summed E-state index contributed by atoms with van der Waals surface area (Å²) in [6.07, 6.45) is 6.28. The van der Waals surface area contributed by atoms with Gasteiger partial charge in [0.2, 0.25) is 0 Å². The molecule has 1 saturated carbocycles. The van der Waals surface area contributed by atoms with E-state index >= 15 is 0 Å². The van der Waals surface area contributed by atoms with E-state index in [9.17, 15) is 0 Å². The zero-order valence-corrected chi connectivity index (χ0v) is 9.49. The van der Waals surface area contributed by atoms with Crippen LogP contribution in [0.4, 0.5) is 0 Å². The average Bonchev–Trinajstić information content (AvgIpc) is 3.01. The molecule has 0 aromatic carbocycles. The molecule has 3 nitrogen and oxygen atoms in total. The first-order chi connectivity index (χ1) is 7.22. The van der Waals surface area contributed by atoms with Gasteiger partial charge in [0.25, 0.3) is 0 Å². The van der Waals surface area contributed by atoms with Crippen LogP contribution in [-0.4, -0.2) is 18.2 Å². The Morgan fingerprint density at radius 1 is 1.33 bits per heavy atom. The molecule has 0 spiro atoms. The topological polar surface area (TPSA) is 31.4 Å². The summed E-state index contributed by atoms with van der Waals surface area (Å²) in [7, 11) is 1.65. The van der Waals surface area contributed by atoms with Crippen molar-refractivity contribution in [2.75, 3.05) is 7.11 Å². The van der Waals surface area contributed by atoms with E-state index in [2.05, 4.69) is 18.8 Å². The zero-order chi connectivity index (χ0) is 10.8. The van der Waals surface area contributed by atoms with Crippen LogP contribution in [0.25, 0.3) is 0 Å². The molecule has 82 valence electrons. The third kappa shape index (κ3) is 2.22. The molecule has 1 aliphatic rings. The summed E-state index contributed by atoms with van der Waals surface area (Å²) in [6, 6.07) is 0. The lowest BCUT2D eigenvalue weighted by Crippen LogP contribution is -2.04. The van der Waals surface area contributed by atoms with Crippen LogP contribution in [0.2, 0.25) is 0 Å². The fourth-order valence-corrected chi connectivity index (χ4v) is 1.48. The van der Waals surface area contributed by atoms with Crippen LogP contribution in [0.5, 0.6) is 11.5 Å². The van der Waals surface area contributed by atoms with Gasteiger partial charge in [0.15, 0.2) is 11.5 Å². The van der Waals surface area contributed by atoms with Gasteiger partial charge in [-0.1, -0.05) is 13.8 Å². The highest BCUT2D eigenvalue weighted by Gasteiger charge is 2.26. The Labute approximate surface area is 90.4 Å². The predicted molar refractivity (Wildman–Crippen MR) is 58.5 cm³/mol. The molecule has 0 radical (unpaired) electrons. The van der Waals surface area contributed by atoms with E-state index < -0.39 is 0 Å². The van der Waals surface area contributed by atoms with Gasteiger partial charge >= 0.3 is 0 Å². The van der Waals surface area contributed by atoms with E-state index in [0.717, 1.165) is 29.9 Å². The normalized spacial score (nSPS) is 15.5. The van der Waals surface area contributed by atoms with Crippen molar-refractivity contribution in [1.82, 2.24) is 4.98 Å². The molecule has 0 atom stereocenters. The summed E-state index contributed by atoms with van der Waals surface area (Å²) in [5.41, 5.74) is 1.13. The lowest BCUT2D eigenvalue weighted by atomic mass is 10.0. The fourth-order valence-electron chi connectivity index (χ4n) is 1.48. The quantitative estimate of drug-likeness (QED) is 0.760. The summed E-state index contributed by atoms with van der Waals surface area (Å²) >= 11 is 0. The van der Waals surface area contributed by atoms with E-state index in [1.165, 1.54) is 0 Å². The van der Waals surface area contributed by atoms with Crippen LogP contribution < -0.4 is 9.47 Å². The maximum Gasteiger partial charge on any atom is 0.179 e. The predicted octanol–water partition coefficient (Wildman–Crippen LogP) is 2.75. The van der Waals surface area contributed by atoms with Gasteiger partial charge in [-0.05, 0) is 18.8 Å². The van der Waals surface area contributed by atoms with Gasteiger partial charge in [-0.15, -0.1) is 0 Å². The molecule has 1 heterocycles. The van der Waals surface area contributed by atoms with Gasteiger partial charge in [-0.3, -0.25) is 4.98 Å². The number of methoxy groups -OCH3 is 1. The Bertz CT molecular complexity index is 345. The smallest absolute Gasteiger partial charge is 0.179 e. The molecule has 3 heteroatoms. The van der Waals surface area contributed by atoms with Crippen LogP contribution in [0, 0.1) is 0 Å². The highest BCUT2D eigenvalue weighted by molar-refractivity contribution is 5.45. The van der Waals surface area contributed by atoms with Crippen molar-refractivity contribution >= 4 is 0 Å². The second-order valence-electron chi connectivity index (χ2n) is 4.23. The Morgan fingerprint density at radius 3 is 2.60 bits per heavy atom. The molecule has 0 saturated heterocycles. The Morgan fingerprint density at radius 2 is 2.07 bits per heavy atom. The molecule has 1 aliphatic carbocycles. The Kier molecular flexibility index (Phi) is 2.80. The van der Waals surface area contributed by atoms with Crippen LogP contribution in [0.3, 0.4) is 0 Å². The van der Waals surface area contributed by atoms with Crippen molar-refractivity contribution in [3.05, 3.63) is 18.0 Å². The summed E-state index contributed by atoms with van der Waals surface area (Å²) < 4.78 is 11.2. The van der Waals surface area contributed by atoms with E-state index in [1.807, 2.05) is 6.20 Å². The van der Waals surface area contributed by atoms with Crippen molar-refractivity contribution in [2.24, 2.45) is 0 Å². The molecule has 0 aliphatic heterocycles. The molecule has 15 heavy (non-hydrogen) atoms. The second kappa shape index (κ2) is 4.09. The minimum Gasteiger partial charge on any atom is -0.491 e. The van der Waals surface area contributed by atoms with Gasteiger partial charge in [0, 0.05) is 11.8 Å². The standard InChI is InChI=1S/C12H17NO2/c1-8(2)10-6-13-7-11(14-3)12(10)15-9-4-5-9/h6-9H,4-5H2,1-3H3. The highest BCUT2D eigenvalue weighted by atomic mass is 16.5. The number of ether oxygens (including phenoxy) is 2. The van der Waals surface area contributed by atoms with Crippen molar-refractivity contribution in [1.29, 1.82) is 0 Å². The first-order valence-electron chi connectivity index (χ1n) is 5.41. The van der Waals surface area contributed by atoms with Gasteiger partial charge in [-0.25, -0.2) is 0 Å². The SMILES string of the molecule is COc1cncc(C(C)C)c1OC1CC1. The van der Waals surface area contributed by atoms with Crippen molar-refractivity contribution in [3.63, 3.8) is 0 Å². The summed E-state index contributed by atoms with van der Waals surface area (Å²) in [5, 5.41) is 0. The molecule has 0 amide bonds. The largest absolute Gasteiger partial charge is 0.491 e. The summed E-state index contributed by atoms with van der Waals surface area (Å²) in [6.45, 7) is 4.27. The van der Waals surface area contributed by atoms with E-state index in [0.29, 0.717) is 12.0 Å². The fraction of sp³-hybridized carbons (Fsp3) is 0.583. The monoisotopic (exact) mass is 207 g/mol. The van der Waals surface area contributed by atoms with Crippen molar-refractivity contribution in [3.8, 4) is 11.5 Å². The van der Waals surface area contributed by atoms with Gasteiger partial charge in [0.1, 0.15) is 0 Å². The molecule has 0 N–H and O–H groups in total. The number of rotatable bonds is 4. The van der Waals surface area contributed by atoms with E-state index in [4.69, 9.17) is 9.47 Å². The number of hydrogen-bond donors (Lipinski definition) is 0. The molecule has 2 rings (SSSR count). The molecular weight excluding hydrogens is 190 g/mol. The van der Waals surface area contributed by atoms with E-state index in [-0.39, 0.29) is 0 Å². The zero-order valence-electron chi connectivity index (χ0n) is 9.49. The molecule has 0 unspecified atom stereocenters. The Hall–Kier alpha value is -1.25. The summed E-state index contributed by atoms with van der Waals surface area (Å²) in [4.78, 5) is 4.16. The van der Waals surface area contributed by atoms with Gasteiger partial charge in [-0.2, -0.15) is 0 Å². The highest BCUT2D eigenvalue weighted by Crippen LogP contribution is 2.38. The van der Waals surface area contributed by atoms with Crippen LogP contribution >= 0.6 is 0 Å². The average molecular weight is 207 g/mol. The minimum atomic E-state index is 0.388. The molecule has 1 aromatic rings. The molecule has 1 aromatic heterocycles. The number of nitrogens with zero attached hydrogens (tertiary/aromatic N) is 1. The second-order valence-corrected chi connectivity index (χ2v) is 4.23. The first kappa shape index (κ1) is 10.3. The van der Waals surface area contributed by atoms with Gasteiger partial charge < -0.3 is 9.47 Å². The Balaban J connectivity index is 2.34.